The molecule has 0 amide bonds. The average molecular weight is 787 g/mol. The fourth-order valence-corrected chi connectivity index (χ4v) is 6.03. The summed E-state index contributed by atoms with van der Waals surface area (Å²) in [5, 5.41) is 10.5. The molecule has 0 radical (unpaired) electrons. The van der Waals surface area contributed by atoms with Crippen molar-refractivity contribution >= 4 is 23.9 Å². The largest absolute Gasteiger partial charge is 0.487 e. The maximum atomic E-state index is 13.3. The van der Waals surface area contributed by atoms with Crippen molar-refractivity contribution in [2.24, 2.45) is 0 Å². The SMILES string of the molecule is CC(=O)OC[C@H]1O[C@@H](Oc2ccc(C[C@H](c3ccc(C(C)(C)O)nc3)c3ccc(OC(F)F)c(OC4CC4)c3)cn2)[C@H](OC(C)=O)[C@@H](OC(C)=O)[C@H]1OC(C)=O. The Balaban J connectivity index is 1.45. The zero-order valence-electron chi connectivity index (χ0n) is 31.6. The molecule has 1 aliphatic carbocycles. The standard InChI is InChI=1S/C39H44F2N2O13/c1-20(44)49-19-31-34(50-21(2)45)35(51-22(3)46)36(52-23(4)47)37(54-31)56-33-14-7-24(17-43-33)15-28(26-9-13-32(42-18-26)39(5,6)48)25-8-12-29(55-38(40)41)30(16-25)53-27-10-11-27/h7-9,12-14,16-18,27-28,31,34-38,48H,10-11,15,19H2,1-6H3/t28-,31+,34-,35-,36+,37-/m0/s1. The van der Waals surface area contributed by atoms with Gasteiger partial charge in [-0.3, -0.25) is 24.2 Å². The Morgan fingerprint density at radius 2 is 1.46 bits per heavy atom. The van der Waals surface area contributed by atoms with E-state index in [1.54, 1.807) is 44.3 Å². The Hall–Kier alpha value is -5.42. The summed E-state index contributed by atoms with van der Waals surface area (Å²) in [6, 6.07) is 11.5. The van der Waals surface area contributed by atoms with Gasteiger partial charge in [0.15, 0.2) is 23.7 Å². The highest BCUT2D eigenvalue weighted by Gasteiger charge is 2.53. The van der Waals surface area contributed by atoms with Gasteiger partial charge in [-0.25, -0.2) is 4.98 Å². The van der Waals surface area contributed by atoms with Crippen LogP contribution in [-0.2, 0) is 54.9 Å². The van der Waals surface area contributed by atoms with Crippen molar-refractivity contribution in [1.82, 2.24) is 9.97 Å². The third kappa shape index (κ3) is 11.6. The maximum Gasteiger partial charge on any atom is 0.387 e. The number of rotatable bonds is 16. The normalized spacial score (nSPS) is 21.4. The van der Waals surface area contributed by atoms with Gasteiger partial charge in [0.05, 0.1) is 11.8 Å². The number of nitrogens with zero attached hydrogens (tertiary/aromatic N) is 2. The number of carbonyl (C=O) groups is 4. The van der Waals surface area contributed by atoms with Gasteiger partial charge in [0.25, 0.3) is 0 Å². The third-order valence-corrected chi connectivity index (χ3v) is 8.64. The lowest BCUT2D eigenvalue weighted by Crippen LogP contribution is -2.63. The Kier molecular flexibility index (Phi) is 13.4. The monoisotopic (exact) mass is 786 g/mol. The Morgan fingerprint density at radius 1 is 0.804 bits per heavy atom. The van der Waals surface area contributed by atoms with E-state index in [0.29, 0.717) is 23.2 Å². The van der Waals surface area contributed by atoms with Gasteiger partial charge < -0.3 is 43.0 Å². The molecule has 15 nitrogen and oxygen atoms in total. The number of halogens is 2. The molecule has 1 aromatic carbocycles. The van der Waals surface area contributed by atoms with Gasteiger partial charge in [0.2, 0.25) is 18.3 Å². The second kappa shape index (κ2) is 18.0. The Morgan fingerprint density at radius 3 is 2.02 bits per heavy atom. The molecule has 2 fully saturated rings. The molecule has 0 spiro atoms. The molecule has 56 heavy (non-hydrogen) atoms. The van der Waals surface area contributed by atoms with E-state index in [9.17, 15) is 33.1 Å². The summed E-state index contributed by atoms with van der Waals surface area (Å²) in [5.74, 6) is -3.33. The first kappa shape index (κ1) is 41.7. The minimum Gasteiger partial charge on any atom is -0.487 e. The number of carbonyl (C=O) groups excluding carboxylic acids is 4. The van der Waals surface area contributed by atoms with Crippen LogP contribution in [0.5, 0.6) is 17.4 Å². The number of esters is 4. The number of aliphatic hydroxyl groups is 1. The summed E-state index contributed by atoms with van der Waals surface area (Å²) in [6.45, 7) is 4.27. The minimum absolute atomic E-state index is 0.00369. The molecule has 2 aromatic heterocycles. The second-order valence-electron chi connectivity index (χ2n) is 13.9. The lowest BCUT2D eigenvalue weighted by molar-refractivity contribution is -0.289. The van der Waals surface area contributed by atoms with Crippen LogP contribution in [0.4, 0.5) is 8.78 Å². The predicted molar refractivity (Wildman–Crippen MR) is 189 cm³/mol. The third-order valence-electron chi connectivity index (χ3n) is 8.64. The van der Waals surface area contributed by atoms with Gasteiger partial charge in [-0.1, -0.05) is 18.2 Å². The Bertz CT molecular complexity index is 1850. The number of alkyl halides is 2. The zero-order chi connectivity index (χ0) is 40.7. The molecule has 1 saturated heterocycles. The molecule has 17 heteroatoms. The summed E-state index contributed by atoms with van der Waals surface area (Å²) < 4.78 is 70.7. The van der Waals surface area contributed by atoms with E-state index in [4.69, 9.17) is 37.9 Å². The van der Waals surface area contributed by atoms with Gasteiger partial charge in [-0.2, -0.15) is 8.78 Å². The van der Waals surface area contributed by atoms with Crippen molar-refractivity contribution in [3.8, 4) is 17.4 Å². The lowest BCUT2D eigenvalue weighted by Gasteiger charge is -2.43. The molecule has 0 unspecified atom stereocenters. The van der Waals surface area contributed by atoms with E-state index in [1.807, 2.05) is 6.07 Å². The summed E-state index contributed by atoms with van der Waals surface area (Å²) in [6.07, 6.45) is -1.96. The number of hydrogen-bond donors (Lipinski definition) is 1. The van der Waals surface area contributed by atoms with Crippen molar-refractivity contribution in [1.29, 1.82) is 0 Å². The average Bonchev–Trinajstić information content (AvgIpc) is 3.93. The first-order chi connectivity index (χ1) is 26.5. The molecular weight excluding hydrogens is 742 g/mol. The number of benzene rings is 1. The summed E-state index contributed by atoms with van der Waals surface area (Å²) >= 11 is 0. The lowest BCUT2D eigenvalue weighted by atomic mass is 9.86. The van der Waals surface area contributed by atoms with Gasteiger partial charge in [-0.15, -0.1) is 0 Å². The second-order valence-corrected chi connectivity index (χ2v) is 13.9. The van der Waals surface area contributed by atoms with Crippen molar-refractivity contribution in [3.05, 3.63) is 77.2 Å². The van der Waals surface area contributed by atoms with E-state index >= 15 is 0 Å². The molecule has 5 rings (SSSR count). The van der Waals surface area contributed by atoms with Crippen LogP contribution in [0.1, 0.15) is 82.7 Å². The molecule has 1 aliphatic heterocycles. The first-order valence-corrected chi connectivity index (χ1v) is 17.8. The van der Waals surface area contributed by atoms with Crippen LogP contribution in [0.25, 0.3) is 0 Å². The number of hydrogen-bond acceptors (Lipinski definition) is 15. The predicted octanol–water partition coefficient (Wildman–Crippen LogP) is 4.68. The van der Waals surface area contributed by atoms with Crippen LogP contribution in [0.3, 0.4) is 0 Å². The molecule has 2 aliphatic rings. The molecule has 0 bridgehead atoms. The summed E-state index contributed by atoms with van der Waals surface area (Å²) in [4.78, 5) is 57.1. The molecule has 302 valence electrons. The number of ether oxygens (including phenoxy) is 8. The summed E-state index contributed by atoms with van der Waals surface area (Å²) in [5.41, 5.74) is 1.41. The van der Waals surface area contributed by atoms with E-state index in [0.717, 1.165) is 46.1 Å². The highest BCUT2D eigenvalue weighted by Crippen LogP contribution is 2.39. The number of aromatic nitrogens is 2. The van der Waals surface area contributed by atoms with Crippen LogP contribution in [-0.4, -0.2) is 89.0 Å². The molecule has 1 saturated carbocycles. The van der Waals surface area contributed by atoms with Gasteiger partial charge in [0.1, 0.15) is 18.3 Å². The molecule has 1 N–H and O–H groups in total. The molecule has 3 heterocycles. The van der Waals surface area contributed by atoms with Gasteiger partial charge >= 0.3 is 30.5 Å². The molecule has 6 atom stereocenters. The highest BCUT2D eigenvalue weighted by atomic mass is 19.3. The summed E-state index contributed by atoms with van der Waals surface area (Å²) in [7, 11) is 0. The first-order valence-electron chi connectivity index (χ1n) is 17.8. The van der Waals surface area contributed by atoms with E-state index in [1.165, 1.54) is 18.3 Å². The van der Waals surface area contributed by atoms with Crippen LogP contribution in [0.2, 0.25) is 0 Å². The van der Waals surface area contributed by atoms with Crippen molar-refractivity contribution in [2.45, 2.75) is 116 Å². The van der Waals surface area contributed by atoms with Crippen molar-refractivity contribution < 1.29 is 71.0 Å². The minimum atomic E-state index is -3.05. The van der Waals surface area contributed by atoms with Crippen LogP contribution in [0.15, 0.2) is 54.9 Å². The zero-order valence-corrected chi connectivity index (χ0v) is 31.6. The molecular formula is C39H44F2N2O13. The smallest absolute Gasteiger partial charge is 0.387 e. The van der Waals surface area contributed by atoms with E-state index in [2.05, 4.69) is 9.97 Å². The molecule has 3 aromatic rings. The fraction of sp³-hybridized carbons (Fsp3) is 0.487. The highest BCUT2D eigenvalue weighted by molar-refractivity contribution is 5.68. The topological polar surface area (TPSA) is 188 Å². The van der Waals surface area contributed by atoms with E-state index < -0.39 is 79.3 Å². The Labute approximate surface area is 321 Å². The van der Waals surface area contributed by atoms with Gasteiger partial charge in [0, 0.05) is 52.1 Å². The number of pyridine rings is 2. The van der Waals surface area contributed by atoms with E-state index in [-0.39, 0.29) is 23.5 Å². The fourth-order valence-electron chi connectivity index (χ4n) is 6.03. The van der Waals surface area contributed by atoms with Crippen molar-refractivity contribution in [2.75, 3.05) is 6.61 Å². The van der Waals surface area contributed by atoms with Crippen LogP contribution in [0, 0.1) is 0 Å². The van der Waals surface area contributed by atoms with Crippen LogP contribution >= 0.6 is 0 Å². The maximum absolute atomic E-state index is 13.3. The van der Waals surface area contributed by atoms with Crippen molar-refractivity contribution in [3.63, 3.8) is 0 Å². The van der Waals surface area contributed by atoms with Crippen LogP contribution < -0.4 is 14.2 Å². The van der Waals surface area contributed by atoms with Gasteiger partial charge in [-0.05, 0) is 68.0 Å². The quantitative estimate of drug-likeness (QED) is 0.156.